The fourth-order valence-electron chi connectivity index (χ4n) is 4.38. The van der Waals surface area contributed by atoms with Crippen molar-refractivity contribution in [2.45, 2.75) is 31.7 Å². The molecule has 1 fully saturated rings. The van der Waals surface area contributed by atoms with E-state index >= 15 is 0 Å². The van der Waals surface area contributed by atoms with Gasteiger partial charge in [-0.3, -0.25) is 9.59 Å². The molecular weight excluding hydrogens is 432 g/mol. The Morgan fingerprint density at radius 1 is 1.09 bits per heavy atom. The summed E-state index contributed by atoms with van der Waals surface area (Å²) in [5, 5.41) is 6.73. The number of hydrogen-bond acceptors (Lipinski definition) is 7. The molecule has 32 heavy (non-hydrogen) atoms. The summed E-state index contributed by atoms with van der Waals surface area (Å²) >= 11 is 6.32. The Bertz CT molecular complexity index is 1030. The number of aromatic nitrogens is 2. The molecule has 0 radical (unpaired) electrons. The molecule has 1 atom stereocenters. The number of ether oxygens (including phenoxy) is 1. The number of hydrogen-bond donors (Lipinski definition) is 2. The largest absolute Gasteiger partial charge is 0.496 e. The molecule has 9 nitrogen and oxygen atoms in total. The summed E-state index contributed by atoms with van der Waals surface area (Å²) in [7, 11) is 0. The topological polar surface area (TPSA) is 99.7 Å². The van der Waals surface area contributed by atoms with Gasteiger partial charge in [-0.15, -0.1) is 0 Å². The van der Waals surface area contributed by atoms with Gasteiger partial charge < -0.3 is 25.2 Å². The number of fused-ring (bicyclic) bond motifs is 8. The van der Waals surface area contributed by atoms with Crippen LogP contribution in [0.25, 0.3) is 5.57 Å². The average Bonchev–Trinajstić information content (AvgIpc) is 3.13. The number of amides is 2. The molecule has 0 saturated carbocycles. The van der Waals surface area contributed by atoms with Crippen molar-refractivity contribution in [2.24, 2.45) is 0 Å². The normalized spacial score (nSPS) is 25.3. The smallest absolute Gasteiger partial charge is 0.259 e. The highest BCUT2D eigenvalue weighted by atomic mass is 35.5. The van der Waals surface area contributed by atoms with Gasteiger partial charge in [-0.25, -0.2) is 9.97 Å². The molecule has 1 aliphatic carbocycles. The third kappa shape index (κ3) is 4.04. The predicted octanol–water partition coefficient (Wildman–Crippen LogP) is 1.99. The van der Waals surface area contributed by atoms with Crippen molar-refractivity contribution in [3.05, 3.63) is 41.0 Å². The van der Waals surface area contributed by atoms with Gasteiger partial charge in [0, 0.05) is 45.2 Å². The molecule has 4 aliphatic heterocycles. The Morgan fingerprint density at radius 2 is 1.91 bits per heavy atom. The van der Waals surface area contributed by atoms with Gasteiger partial charge in [-0.2, -0.15) is 0 Å². The lowest BCUT2D eigenvalue weighted by atomic mass is 10.1. The zero-order chi connectivity index (χ0) is 22.1. The number of anilines is 2. The van der Waals surface area contributed by atoms with Crippen molar-refractivity contribution in [1.82, 2.24) is 20.2 Å². The molecule has 168 valence electrons. The molecule has 0 spiro atoms. The van der Waals surface area contributed by atoms with Gasteiger partial charge in [0.1, 0.15) is 23.7 Å². The maximum atomic E-state index is 12.7. The molecule has 10 heteroatoms. The molecule has 0 aromatic carbocycles. The van der Waals surface area contributed by atoms with E-state index in [4.69, 9.17) is 16.3 Å². The van der Waals surface area contributed by atoms with Crippen LogP contribution in [-0.4, -0.2) is 65.5 Å². The van der Waals surface area contributed by atoms with Gasteiger partial charge in [-0.1, -0.05) is 17.7 Å². The van der Waals surface area contributed by atoms with E-state index in [1.54, 1.807) is 6.20 Å². The van der Waals surface area contributed by atoms with Crippen molar-refractivity contribution in [2.75, 3.05) is 43.0 Å². The van der Waals surface area contributed by atoms with E-state index in [0.717, 1.165) is 12.8 Å². The lowest BCUT2D eigenvalue weighted by Gasteiger charge is -2.36. The minimum atomic E-state index is -0.220. The van der Waals surface area contributed by atoms with E-state index in [0.29, 0.717) is 79.2 Å². The van der Waals surface area contributed by atoms with Crippen molar-refractivity contribution in [1.29, 1.82) is 0 Å². The molecule has 1 aromatic heterocycles. The van der Waals surface area contributed by atoms with E-state index in [2.05, 4.69) is 25.5 Å². The summed E-state index contributed by atoms with van der Waals surface area (Å²) in [5.41, 5.74) is 1.18. The van der Waals surface area contributed by atoms with Gasteiger partial charge in [0.05, 0.1) is 28.8 Å². The minimum absolute atomic E-state index is 0.0612. The molecule has 4 bridgehead atoms. The average molecular weight is 457 g/mol. The summed E-state index contributed by atoms with van der Waals surface area (Å²) in [4.78, 5) is 38.1. The van der Waals surface area contributed by atoms with Gasteiger partial charge in [0.15, 0.2) is 0 Å². The number of carbonyl (C=O) groups is 2. The fourth-order valence-corrected chi connectivity index (χ4v) is 4.58. The summed E-state index contributed by atoms with van der Waals surface area (Å²) < 4.78 is 5.91. The van der Waals surface area contributed by atoms with Crippen LogP contribution in [0.4, 0.5) is 11.6 Å². The van der Waals surface area contributed by atoms with E-state index in [-0.39, 0.29) is 17.9 Å². The highest BCUT2D eigenvalue weighted by molar-refractivity contribution is 6.32. The summed E-state index contributed by atoms with van der Waals surface area (Å²) in [6, 6.07) is -0.0612. The Labute approximate surface area is 191 Å². The Hall–Kier alpha value is -3.07. The SMILES string of the molecule is O=C1Nc2ncnc3c2/C1=C/NC1C=CC(Cl)=C(C1)OCCCCC(=O)N1CCN3CC1. The lowest BCUT2D eigenvalue weighted by Crippen LogP contribution is -2.49. The standard InChI is InChI=1S/C22H25ClN6O3/c23-16-5-4-14-11-17(16)32-10-2-1-3-18(30)28-6-8-29(9-7-28)21-19-15(12-24-14)22(31)27-20(19)25-13-26-21/h4-5,12-14,24H,1-3,6-11H2,(H,25,26,27,31)/b15-12-. The molecule has 5 heterocycles. The molecule has 5 aliphatic rings. The minimum Gasteiger partial charge on any atom is -0.496 e. The zero-order valence-electron chi connectivity index (χ0n) is 17.6. The van der Waals surface area contributed by atoms with Gasteiger partial charge in [-0.05, 0) is 18.9 Å². The number of allylic oxidation sites excluding steroid dienone is 2. The second kappa shape index (κ2) is 8.82. The lowest BCUT2D eigenvalue weighted by molar-refractivity contribution is -0.131. The van der Waals surface area contributed by atoms with Gasteiger partial charge >= 0.3 is 0 Å². The van der Waals surface area contributed by atoms with Crippen LogP contribution >= 0.6 is 11.6 Å². The molecule has 1 aromatic rings. The first-order valence-corrected chi connectivity index (χ1v) is 11.3. The number of rotatable bonds is 0. The van der Waals surface area contributed by atoms with Crippen LogP contribution in [0.1, 0.15) is 31.2 Å². The second-order valence-electron chi connectivity index (χ2n) is 8.21. The number of halogens is 1. The molecule has 1 saturated heterocycles. The maximum absolute atomic E-state index is 12.7. The Kier molecular flexibility index (Phi) is 5.73. The van der Waals surface area contributed by atoms with Crippen LogP contribution in [0.5, 0.6) is 0 Å². The summed E-state index contributed by atoms with van der Waals surface area (Å²) in [5.74, 6) is 1.88. The van der Waals surface area contributed by atoms with E-state index in [9.17, 15) is 9.59 Å². The van der Waals surface area contributed by atoms with Crippen molar-refractivity contribution in [3.8, 4) is 0 Å². The fraction of sp³-hybridized carbons (Fsp3) is 0.455. The highest BCUT2D eigenvalue weighted by Crippen LogP contribution is 2.36. The number of carbonyl (C=O) groups excluding carboxylic acids is 2. The van der Waals surface area contributed by atoms with E-state index in [1.165, 1.54) is 6.33 Å². The third-order valence-electron chi connectivity index (χ3n) is 6.15. The van der Waals surface area contributed by atoms with E-state index in [1.807, 2.05) is 17.1 Å². The number of nitrogens with one attached hydrogen (secondary N) is 2. The highest BCUT2D eigenvalue weighted by Gasteiger charge is 2.33. The number of piperazine rings is 1. The molecular formula is C22H25ClN6O3. The molecule has 6 rings (SSSR count). The molecule has 1 unspecified atom stereocenters. The molecule has 2 N–H and O–H groups in total. The van der Waals surface area contributed by atoms with E-state index < -0.39 is 0 Å². The summed E-state index contributed by atoms with van der Waals surface area (Å²) in [6.45, 7) is 3.09. The predicted molar refractivity (Wildman–Crippen MR) is 121 cm³/mol. The van der Waals surface area contributed by atoms with Crippen LogP contribution in [-0.2, 0) is 14.3 Å². The third-order valence-corrected chi connectivity index (χ3v) is 6.49. The Balaban J connectivity index is 1.47. The zero-order valence-corrected chi connectivity index (χ0v) is 18.4. The maximum Gasteiger partial charge on any atom is 0.259 e. The van der Waals surface area contributed by atoms with Crippen LogP contribution in [0.15, 0.2) is 35.5 Å². The first kappa shape index (κ1) is 20.8. The van der Waals surface area contributed by atoms with Crippen LogP contribution in [0, 0.1) is 0 Å². The second-order valence-corrected chi connectivity index (χ2v) is 8.62. The first-order chi connectivity index (χ1) is 15.6. The van der Waals surface area contributed by atoms with Crippen molar-refractivity contribution < 1.29 is 14.3 Å². The monoisotopic (exact) mass is 456 g/mol. The van der Waals surface area contributed by atoms with Crippen molar-refractivity contribution in [3.63, 3.8) is 0 Å². The van der Waals surface area contributed by atoms with Crippen LogP contribution in [0.3, 0.4) is 0 Å². The van der Waals surface area contributed by atoms with Crippen LogP contribution < -0.4 is 15.5 Å². The molecule has 2 amide bonds. The van der Waals surface area contributed by atoms with Crippen molar-refractivity contribution >= 4 is 40.6 Å². The Morgan fingerprint density at radius 3 is 2.75 bits per heavy atom. The van der Waals surface area contributed by atoms with Gasteiger partial charge in [0.25, 0.3) is 5.91 Å². The van der Waals surface area contributed by atoms with Crippen LogP contribution in [0.2, 0.25) is 0 Å². The number of nitrogens with zero attached hydrogens (tertiary/aromatic N) is 4. The van der Waals surface area contributed by atoms with Gasteiger partial charge in [0.2, 0.25) is 5.91 Å². The summed E-state index contributed by atoms with van der Waals surface area (Å²) in [6.07, 6.45) is 9.61. The first-order valence-electron chi connectivity index (χ1n) is 11.0. The quantitative estimate of drug-likeness (QED) is 0.615.